The summed E-state index contributed by atoms with van der Waals surface area (Å²) in [5.74, 6) is 0.803. The molecule has 4 N–H and O–H groups in total. The topological polar surface area (TPSA) is 111 Å². The van der Waals surface area contributed by atoms with E-state index in [4.69, 9.17) is 22.4 Å². The van der Waals surface area contributed by atoms with Gasteiger partial charge in [-0.2, -0.15) is 4.68 Å². The van der Waals surface area contributed by atoms with E-state index in [0.717, 1.165) is 15.8 Å². The molecule has 0 amide bonds. The van der Waals surface area contributed by atoms with Gasteiger partial charge in [0, 0.05) is 11.4 Å². The van der Waals surface area contributed by atoms with Crippen molar-refractivity contribution in [2.24, 2.45) is 0 Å². The van der Waals surface area contributed by atoms with Gasteiger partial charge in [0.15, 0.2) is 10.9 Å². The van der Waals surface area contributed by atoms with Crippen LogP contribution in [0.25, 0.3) is 10.2 Å². The Kier molecular flexibility index (Phi) is 4.81. The third-order valence-electron chi connectivity index (χ3n) is 3.98. The minimum atomic E-state index is 0.102. The predicted octanol–water partition coefficient (Wildman–Crippen LogP) is 4.14. The molecule has 0 aliphatic heterocycles. The highest BCUT2D eigenvalue weighted by atomic mass is 35.5. The van der Waals surface area contributed by atoms with Gasteiger partial charge in [0.1, 0.15) is 17.1 Å². The van der Waals surface area contributed by atoms with E-state index in [1.807, 2.05) is 12.1 Å². The lowest BCUT2D eigenvalue weighted by atomic mass is 10.1. The first-order valence-electron chi connectivity index (χ1n) is 8.32. The number of phenols is 1. The predicted molar refractivity (Wildman–Crippen MR) is 111 cm³/mol. The summed E-state index contributed by atoms with van der Waals surface area (Å²) in [4.78, 5) is 4.50. The van der Waals surface area contributed by atoms with Crippen LogP contribution in [0.4, 0.5) is 10.9 Å². The lowest BCUT2D eigenvalue weighted by Gasteiger charge is -2.10. The zero-order valence-electron chi connectivity index (χ0n) is 14.5. The number of nitrogens with one attached hydrogen (secondary N) is 3. The standard InChI is InChI=1S/C19H15ClN6OS/c20-12-3-6-14-15(10-12)28-19(23-14)24-18-8-7-16(21)26(25-18)17(22)9-11-1-4-13(27)5-2-11/h1-8,10,21-22,27H,9H2,(H,23,24,25). The lowest BCUT2D eigenvalue weighted by molar-refractivity contribution is 0.475. The van der Waals surface area contributed by atoms with Gasteiger partial charge < -0.3 is 10.4 Å². The second-order valence-electron chi connectivity index (χ2n) is 6.06. The number of halogens is 1. The summed E-state index contributed by atoms with van der Waals surface area (Å²) in [7, 11) is 0. The van der Waals surface area contributed by atoms with Crippen molar-refractivity contribution in [3.05, 3.63) is 70.7 Å². The van der Waals surface area contributed by atoms with Crippen LogP contribution in [0.3, 0.4) is 0 Å². The number of hydrogen-bond donors (Lipinski definition) is 4. The molecule has 28 heavy (non-hydrogen) atoms. The zero-order valence-corrected chi connectivity index (χ0v) is 16.1. The molecule has 2 aromatic heterocycles. The SMILES string of the molecule is N=C(Cc1ccc(O)cc1)n1nc(Nc2nc3ccc(Cl)cc3s2)ccc1=N. The number of aromatic hydroxyl groups is 1. The molecule has 0 saturated carbocycles. The smallest absolute Gasteiger partial charge is 0.189 e. The number of benzene rings is 2. The van der Waals surface area contributed by atoms with Crippen molar-refractivity contribution in [1.29, 1.82) is 10.8 Å². The van der Waals surface area contributed by atoms with Crippen LogP contribution in [0.15, 0.2) is 54.6 Å². The molecular weight excluding hydrogens is 396 g/mol. The van der Waals surface area contributed by atoms with Crippen LogP contribution in [0.2, 0.25) is 5.02 Å². The first kappa shape index (κ1) is 18.1. The summed E-state index contributed by atoms with van der Waals surface area (Å²) >= 11 is 7.47. The monoisotopic (exact) mass is 410 g/mol. The van der Waals surface area contributed by atoms with Crippen molar-refractivity contribution >= 4 is 49.9 Å². The van der Waals surface area contributed by atoms with Crippen LogP contribution < -0.4 is 10.8 Å². The molecule has 0 bridgehead atoms. The summed E-state index contributed by atoms with van der Waals surface area (Å²) in [5, 5.41) is 34.5. The van der Waals surface area contributed by atoms with E-state index in [1.54, 1.807) is 42.5 Å². The van der Waals surface area contributed by atoms with E-state index in [9.17, 15) is 5.11 Å². The number of hydrogen-bond acceptors (Lipinski definition) is 7. The molecule has 0 saturated heterocycles. The molecule has 0 unspecified atom stereocenters. The van der Waals surface area contributed by atoms with E-state index < -0.39 is 0 Å². The first-order valence-corrected chi connectivity index (χ1v) is 9.51. The Balaban J connectivity index is 1.58. The Morgan fingerprint density at radius 1 is 1.14 bits per heavy atom. The van der Waals surface area contributed by atoms with Gasteiger partial charge in [-0.05, 0) is 48.0 Å². The fourth-order valence-corrected chi connectivity index (χ4v) is 3.79. The number of nitrogens with zero attached hydrogens (tertiary/aromatic N) is 3. The largest absolute Gasteiger partial charge is 0.508 e. The second-order valence-corrected chi connectivity index (χ2v) is 7.53. The summed E-state index contributed by atoms with van der Waals surface area (Å²) in [6.45, 7) is 0. The minimum Gasteiger partial charge on any atom is -0.508 e. The van der Waals surface area contributed by atoms with Crippen molar-refractivity contribution in [3.63, 3.8) is 0 Å². The lowest BCUT2D eigenvalue weighted by Crippen LogP contribution is -2.30. The summed E-state index contributed by atoms with van der Waals surface area (Å²) in [6.07, 6.45) is 0.285. The Hall–Kier alpha value is -3.23. The molecule has 140 valence electrons. The number of thiazole rings is 1. The molecular formula is C19H15ClN6OS. The van der Waals surface area contributed by atoms with Crippen molar-refractivity contribution in [1.82, 2.24) is 14.8 Å². The van der Waals surface area contributed by atoms with Crippen molar-refractivity contribution in [2.75, 3.05) is 5.32 Å². The van der Waals surface area contributed by atoms with E-state index in [1.165, 1.54) is 16.0 Å². The molecule has 0 radical (unpaired) electrons. The van der Waals surface area contributed by atoms with E-state index >= 15 is 0 Å². The van der Waals surface area contributed by atoms with Crippen molar-refractivity contribution in [3.8, 4) is 5.75 Å². The minimum absolute atomic E-state index is 0.102. The van der Waals surface area contributed by atoms with Gasteiger partial charge in [-0.15, -0.1) is 5.10 Å². The van der Waals surface area contributed by atoms with Crippen molar-refractivity contribution < 1.29 is 5.11 Å². The molecule has 2 aromatic carbocycles. The third-order valence-corrected chi connectivity index (χ3v) is 5.15. The molecule has 7 nitrogen and oxygen atoms in total. The van der Waals surface area contributed by atoms with E-state index in [-0.39, 0.29) is 23.5 Å². The molecule has 0 aliphatic rings. The van der Waals surface area contributed by atoms with Gasteiger partial charge in [-0.3, -0.25) is 10.8 Å². The van der Waals surface area contributed by atoms with Gasteiger partial charge in [-0.1, -0.05) is 35.1 Å². The van der Waals surface area contributed by atoms with E-state index in [2.05, 4.69) is 15.4 Å². The molecule has 0 spiro atoms. The molecule has 4 rings (SSSR count). The fraction of sp³-hybridized carbons (Fsp3) is 0.0526. The molecule has 2 heterocycles. The third kappa shape index (κ3) is 3.88. The maximum absolute atomic E-state index is 9.37. The van der Waals surface area contributed by atoms with Crippen LogP contribution >= 0.6 is 22.9 Å². The highest BCUT2D eigenvalue weighted by molar-refractivity contribution is 7.22. The zero-order chi connectivity index (χ0) is 19.7. The summed E-state index contributed by atoms with van der Waals surface area (Å²) < 4.78 is 2.22. The highest BCUT2D eigenvalue weighted by Gasteiger charge is 2.09. The van der Waals surface area contributed by atoms with Gasteiger partial charge >= 0.3 is 0 Å². The molecule has 0 atom stereocenters. The van der Waals surface area contributed by atoms with Crippen LogP contribution in [0.1, 0.15) is 5.56 Å². The van der Waals surface area contributed by atoms with Crippen LogP contribution in [0, 0.1) is 10.8 Å². The number of anilines is 2. The second kappa shape index (κ2) is 7.41. The maximum Gasteiger partial charge on any atom is 0.189 e. The number of fused-ring (bicyclic) bond motifs is 1. The van der Waals surface area contributed by atoms with Crippen LogP contribution in [-0.4, -0.2) is 25.7 Å². The summed E-state index contributed by atoms with van der Waals surface area (Å²) in [6, 6.07) is 15.4. The number of aromatic nitrogens is 3. The number of phenolic OH excluding ortho intramolecular Hbond substituents is 1. The average Bonchev–Trinajstić information content (AvgIpc) is 3.06. The normalized spacial score (nSPS) is 10.9. The molecule has 0 fully saturated rings. The Bertz CT molecular complexity index is 1230. The Morgan fingerprint density at radius 3 is 2.71 bits per heavy atom. The van der Waals surface area contributed by atoms with Crippen LogP contribution in [0.5, 0.6) is 5.75 Å². The van der Waals surface area contributed by atoms with E-state index in [0.29, 0.717) is 16.0 Å². The molecule has 4 aromatic rings. The van der Waals surface area contributed by atoms with Crippen LogP contribution in [-0.2, 0) is 6.42 Å². The first-order chi connectivity index (χ1) is 13.5. The van der Waals surface area contributed by atoms with Gasteiger partial charge in [-0.25, -0.2) is 4.98 Å². The maximum atomic E-state index is 9.37. The Morgan fingerprint density at radius 2 is 1.93 bits per heavy atom. The van der Waals surface area contributed by atoms with Crippen molar-refractivity contribution in [2.45, 2.75) is 6.42 Å². The average molecular weight is 411 g/mol. The fourth-order valence-electron chi connectivity index (χ4n) is 2.64. The number of rotatable bonds is 4. The van der Waals surface area contributed by atoms with Gasteiger partial charge in [0.05, 0.1) is 10.2 Å². The molecule has 0 aliphatic carbocycles. The summed E-state index contributed by atoms with van der Waals surface area (Å²) in [5.41, 5.74) is 1.78. The quantitative estimate of drug-likeness (QED) is 0.299. The molecule has 9 heteroatoms. The van der Waals surface area contributed by atoms with Gasteiger partial charge in [0.25, 0.3) is 0 Å². The highest BCUT2D eigenvalue weighted by Crippen LogP contribution is 2.29. The van der Waals surface area contributed by atoms with Gasteiger partial charge in [0.2, 0.25) is 0 Å². The Labute approximate surface area is 168 Å².